The molecule has 0 radical (unpaired) electrons. The zero-order valence-electron chi connectivity index (χ0n) is 10.4. The molecule has 1 aliphatic heterocycles. The number of hydrogen-bond acceptors (Lipinski definition) is 3. The second-order valence-corrected chi connectivity index (χ2v) is 5.27. The highest BCUT2D eigenvalue weighted by molar-refractivity contribution is 7.99. The van der Waals surface area contributed by atoms with Crippen molar-refractivity contribution in [2.75, 3.05) is 29.5 Å². The molecular weight excluding hydrogens is 251 g/mol. The molecule has 0 saturated carbocycles. The largest absolute Gasteiger partial charge is 0.309 e. The Bertz CT molecular complexity index is 421. The third-order valence-electron chi connectivity index (χ3n) is 2.95. The summed E-state index contributed by atoms with van der Waals surface area (Å²) in [5.41, 5.74) is 0.363. The molecule has 1 N–H and O–H groups in total. The smallest absolute Gasteiger partial charge is 0.245 e. The molecule has 1 fully saturated rings. The Hall–Kier alpha value is -1.07. The van der Waals surface area contributed by atoms with E-state index in [2.05, 4.69) is 5.32 Å². The van der Waals surface area contributed by atoms with Crippen LogP contribution < -0.4 is 10.2 Å². The molecule has 0 aromatic heterocycles. The lowest BCUT2D eigenvalue weighted by molar-refractivity contribution is -0.120. The summed E-state index contributed by atoms with van der Waals surface area (Å²) in [5, 5.41) is 3.19. The number of amides is 1. The van der Waals surface area contributed by atoms with Crippen LogP contribution in [-0.2, 0) is 4.79 Å². The van der Waals surface area contributed by atoms with E-state index in [9.17, 15) is 9.18 Å². The summed E-state index contributed by atoms with van der Waals surface area (Å²) in [6.45, 7) is 3.17. The lowest BCUT2D eigenvalue weighted by atomic mass is 10.2. The number of para-hydroxylation sites is 1. The molecule has 1 aliphatic rings. The van der Waals surface area contributed by atoms with E-state index >= 15 is 0 Å². The number of anilines is 1. The third-order valence-corrected chi connectivity index (χ3v) is 4.01. The zero-order chi connectivity index (χ0) is 13.0. The first kappa shape index (κ1) is 13.4. The van der Waals surface area contributed by atoms with E-state index < -0.39 is 0 Å². The molecule has 1 aromatic carbocycles. The number of carbonyl (C=O) groups is 1. The fourth-order valence-electron chi connectivity index (χ4n) is 2.03. The van der Waals surface area contributed by atoms with E-state index in [0.29, 0.717) is 12.2 Å². The molecular formula is C13H17FN2OS. The van der Waals surface area contributed by atoms with Gasteiger partial charge in [0.05, 0.1) is 11.7 Å². The molecule has 1 atom stereocenters. The summed E-state index contributed by atoms with van der Waals surface area (Å²) in [4.78, 5) is 13.9. The topological polar surface area (TPSA) is 32.3 Å². The number of halogens is 1. The van der Waals surface area contributed by atoms with Crippen LogP contribution in [0.4, 0.5) is 10.1 Å². The van der Waals surface area contributed by atoms with Gasteiger partial charge in [0, 0.05) is 24.6 Å². The predicted molar refractivity (Wildman–Crippen MR) is 73.5 cm³/mol. The number of likely N-dealkylation sites (N-methyl/N-ethyl adjacent to an activating group) is 1. The summed E-state index contributed by atoms with van der Waals surface area (Å²) in [7, 11) is 0. The molecule has 0 bridgehead atoms. The quantitative estimate of drug-likeness (QED) is 0.908. The molecule has 98 valence electrons. The van der Waals surface area contributed by atoms with E-state index in [1.165, 1.54) is 11.0 Å². The summed E-state index contributed by atoms with van der Waals surface area (Å²) < 4.78 is 13.7. The van der Waals surface area contributed by atoms with Gasteiger partial charge in [0.25, 0.3) is 0 Å². The van der Waals surface area contributed by atoms with E-state index in [1.54, 1.807) is 30.0 Å². The minimum Gasteiger partial charge on any atom is -0.309 e. The monoisotopic (exact) mass is 268 g/mol. The van der Waals surface area contributed by atoms with Gasteiger partial charge in [0.1, 0.15) is 5.82 Å². The SMILES string of the molecule is CCN(C(=O)C1CSCCN1)c1ccccc1F. The average Bonchev–Trinajstić information content (AvgIpc) is 2.42. The highest BCUT2D eigenvalue weighted by atomic mass is 32.2. The summed E-state index contributed by atoms with van der Waals surface area (Å²) >= 11 is 1.75. The van der Waals surface area contributed by atoms with Crippen LogP contribution in [0.5, 0.6) is 0 Å². The van der Waals surface area contributed by atoms with Crippen molar-refractivity contribution in [2.24, 2.45) is 0 Å². The molecule has 0 aliphatic carbocycles. The van der Waals surface area contributed by atoms with E-state index in [-0.39, 0.29) is 17.8 Å². The van der Waals surface area contributed by atoms with Gasteiger partial charge in [-0.3, -0.25) is 4.79 Å². The van der Waals surface area contributed by atoms with Crippen LogP contribution in [0.2, 0.25) is 0 Å². The number of nitrogens with zero attached hydrogens (tertiary/aromatic N) is 1. The van der Waals surface area contributed by atoms with Crippen molar-refractivity contribution in [2.45, 2.75) is 13.0 Å². The van der Waals surface area contributed by atoms with Crippen LogP contribution in [0.3, 0.4) is 0 Å². The number of carbonyl (C=O) groups excluding carboxylic acids is 1. The lowest BCUT2D eigenvalue weighted by Gasteiger charge is -2.29. The molecule has 2 rings (SSSR count). The van der Waals surface area contributed by atoms with Crippen molar-refractivity contribution < 1.29 is 9.18 Å². The number of thioether (sulfide) groups is 1. The maximum atomic E-state index is 13.7. The van der Waals surface area contributed by atoms with Crippen molar-refractivity contribution in [3.63, 3.8) is 0 Å². The van der Waals surface area contributed by atoms with Gasteiger partial charge in [-0.1, -0.05) is 12.1 Å². The van der Waals surface area contributed by atoms with Gasteiger partial charge >= 0.3 is 0 Å². The van der Waals surface area contributed by atoms with Crippen LogP contribution in [0.15, 0.2) is 24.3 Å². The number of benzene rings is 1. The van der Waals surface area contributed by atoms with Crippen LogP contribution in [0.25, 0.3) is 0 Å². The predicted octanol–water partition coefficient (Wildman–Crippen LogP) is 1.88. The van der Waals surface area contributed by atoms with E-state index in [4.69, 9.17) is 0 Å². The maximum Gasteiger partial charge on any atom is 0.245 e. The first-order chi connectivity index (χ1) is 8.74. The zero-order valence-corrected chi connectivity index (χ0v) is 11.2. The fraction of sp³-hybridized carbons (Fsp3) is 0.462. The highest BCUT2D eigenvalue weighted by Gasteiger charge is 2.27. The Balaban J connectivity index is 2.17. The third kappa shape index (κ3) is 2.84. The van der Waals surface area contributed by atoms with Crippen LogP contribution in [-0.4, -0.2) is 36.5 Å². The molecule has 3 nitrogen and oxygen atoms in total. The molecule has 1 aromatic rings. The number of rotatable bonds is 3. The lowest BCUT2D eigenvalue weighted by Crippen LogP contribution is -2.51. The number of hydrogen-bond donors (Lipinski definition) is 1. The van der Waals surface area contributed by atoms with Gasteiger partial charge < -0.3 is 10.2 Å². The van der Waals surface area contributed by atoms with Gasteiger partial charge in [-0.2, -0.15) is 11.8 Å². The molecule has 5 heteroatoms. The van der Waals surface area contributed by atoms with Gasteiger partial charge in [-0.25, -0.2) is 4.39 Å². The van der Waals surface area contributed by atoms with Gasteiger partial charge in [-0.15, -0.1) is 0 Å². The van der Waals surface area contributed by atoms with Crippen molar-refractivity contribution in [3.05, 3.63) is 30.1 Å². The van der Waals surface area contributed by atoms with Crippen molar-refractivity contribution >= 4 is 23.4 Å². The Morgan fingerprint density at radius 1 is 1.56 bits per heavy atom. The molecule has 1 heterocycles. The minimum absolute atomic E-state index is 0.0465. The Kier molecular flexibility index (Phi) is 4.60. The molecule has 1 unspecified atom stereocenters. The average molecular weight is 268 g/mol. The second kappa shape index (κ2) is 6.20. The first-order valence-corrected chi connectivity index (χ1v) is 7.26. The van der Waals surface area contributed by atoms with Crippen molar-refractivity contribution in [1.29, 1.82) is 0 Å². The molecule has 1 amide bonds. The summed E-state index contributed by atoms with van der Waals surface area (Å²) in [6, 6.07) is 6.20. The summed E-state index contributed by atoms with van der Waals surface area (Å²) in [6.07, 6.45) is 0. The Morgan fingerprint density at radius 2 is 2.33 bits per heavy atom. The van der Waals surface area contributed by atoms with Crippen molar-refractivity contribution in [3.8, 4) is 0 Å². The van der Waals surface area contributed by atoms with Crippen LogP contribution >= 0.6 is 11.8 Å². The Labute approximate surface area is 111 Å². The minimum atomic E-state index is -0.351. The molecule has 1 saturated heterocycles. The normalized spacial score (nSPS) is 19.6. The van der Waals surface area contributed by atoms with E-state index in [0.717, 1.165) is 18.1 Å². The van der Waals surface area contributed by atoms with E-state index in [1.807, 2.05) is 6.92 Å². The van der Waals surface area contributed by atoms with Crippen molar-refractivity contribution in [1.82, 2.24) is 5.32 Å². The number of nitrogens with one attached hydrogen (secondary N) is 1. The maximum absolute atomic E-state index is 13.7. The first-order valence-electron chi connectivity index (χ1n) is 6.11. The van der Waals surface area contributed by atoms with Gasteiger partial charge in [0.2, 0.25) is 5.91 Å². The second-order valence-electron chi connectivity index (χ2n) is 4.12. The highest BCUT2D eigenvalue weighted by Crippen LogP contribution is 2.20. The van der Waals surface area contributed by atoms with Crippen LogP contribution in [0.1, 0.15) is 6.92 Å². The molecule has 0 spiro atoms. The standard InChI is InChI=1S/C13H17FN2OS/c1-2-16(12-6-4-3-5-10(12)14)13(17)11-9-18-8-7-15-11/h3-6,11,15H,2,7-9H2,1H3. The van der Waals surface area contributed by atoms with Gasteiger partial charge in [-0.05, 0) is 19.1 Å². The summed E-state index contributed by atoms with van der Waals surface area (Å²) in [5.74, 6) is 1.38. The molecule has 18 heavy (non-hydrogen) atoms. The fourth-order valence-corrected chi connectivity index (χ4v) is 2.95. The van der Waals surface area contributed by atoms with Gasteiger partial charge in [0.15, 0.2) is 0 Å². The van der Waals surface area contributed by atoms with Crippen LogP contribution in [0, 0.1) is 5.82 Å². The Morgan fingerprint density at radius 3 is 2.94 bits per heavy atom.